The van der Waals surface area contributed by atoms with Crippen molar-refractivity contribution < 1.29 is 64.7 Å². The van der Waals surface area contributed by atoms with Crippen molar-refractivity contribution in [3.63, 3.8) is 0 Å². The minimum Gasteiger partial charge on any atom is -0.680 e. The second-order valence-corrected chi connectivity index (χ2v) is 12.3. The molecule has 10 nitrogen and oxygen atoms in total. The molecule has 0 spiro atoms. The molecule has 0 radical (unpaired) electrons. The Hall–Kier alpha value is -6.42. The molecule has 0 aromatic heterocycles. The summed E-state index contributed by atoms with van der Waals surface area (Å²) in [5.74, 6) is 1.19. The van der Waals surface area contributed by atoms with Gasteiger partial charge in [-0.25, -0.2) is 21.7 Å². The van der Waals surface area contributed by atoms with Crippen molar-refractivity contribution in [2.75, 3.05) is 13.2 Å². The second kappa shape index (κ2) is 22.8. The van der Waals surface area contributed by atoms with Gasteiger partial charge in [0, 0.05) is 17.1 Å². The van der Waals surface area contributed by atoms with E-state index >= 15 is 0 Å². The molecule has 0 saturated carbocycles. The average molecular weight is 811 g/mol. The van der Waals surface area contributed by atoms with Crippen LogP contribution in [0.15, 0.2) is 146 Å². The van der Waals surface area contributed by atoms with Crippen LogP contribution in [0.1, 0.15) is 81.0 Å². The summed E-state index contributed by atoms with van der Waals surface area (Å²) >= 11 is 0. The van der Waals surface area contributed by atoms with E-state index in [2.05, 4.69) is 13.8 Å². The van der Waals surface area contributed by atoms with Crippen molar-refractivity contribution in [1.82, 2.24) is 0 Å². The number of unbranched alkanes of at least 4 members (excludes halogenated alkanes) is 2. The number of ether oxygens (including phenoxy) is 6. The van der Waals surface area contributed by atoms with E-state index in [-0.39, 0.29) is 17.1 Å². The Labute approximate surface area is 342 Å². The van der Waals surface area contributed by atoms with E-state index < -0.39 is 23.9 Å². The fraction of sp³-hybridized carbons (Fsp3) is 0.174. The smallest absolute Gasteiger partial charge is 0.343 e. The molecule has 0 saturated heterocycles. The first kappa shape index (κ1) is 43.3. The first-order valence-electron chi connectivity index (χ1n) is 18.3. The van der Waals surface area contributed by atoms with Gasteiger partial charge in [0.1, 0.15) is 28.7 Å². The summed E-state index contributed by atoms with van der Waals surface area (Å²) in [4.78, 5) is 48.4. The van der Waals surface area contributed by atoms with E-state index in [9.17, 15) is 19.2 Å². The van der Waals surface area contributed by atoms with Gasteiger partial charge < -0.3 is 63.0 Å². The zero-order valence-corrected chi connectivity index (χ0v) is 32.6. The third-order valence-electron chi connectivity index (χ3n) is 8.00. The normalized spacial score (nSPS) is 10.1. The molecule has 0 amide bonds. The maximum Gasteiger partial charge on any atom is 0.343 e. The third kappa shape index (κ3) is 14.0. The van der Waals surface area contributed by atoms with E-state index in [0.29, 0.717) is 58.5 Å². The van der Waals surface area contributed by atoms with E-state index in [1.807, 2.05) is 0 Å². The summed E-state index contributed by atoms with van der Waals surface area (Å²) in [6.45, 7) is 5.54. The number of hydrogen-bond acceptors (Lipinski definition) is 10. The number of hydrogen-bond donors (Lipinski definition) is 0. The minimum absolute atomic E-state index is 0. The molecule has 6 aromatic rings. The Morgan fingerprint density at radius 2 is 0.842 bits per heavy atom. The van der Waals surface area contributed by atoms with E-state index in [1.165, 1.54) is 0 Å². The van der Waals surface area contributed by atoms with Crippen molar-refractivity contribution in [3.05, 3.63) is 168 Å². The monoisotopic (exact) mass is 810 g/mol. The van der Waals surface area contributed by atoms with Gasteiger partial charge in [-0.15, -0.1) is 0 Å². The van der Waals surface area contributed by atoms with Gasteiger partial charge in [0.25, 0.3) is 5.97 Å². The van der Waals surface area contributed by atoms with E-state index in [0.717, 1.165) is 37.2 Å². The number of benzene rings is 4. The van der Waals surface area contributed by atoms with Crippen LogP contribution in [0, 0.1) is 0 Å². The summed E-state index contributed by atoms with van der Waals surface area (Å²) in [7, 11) is 0. The first-order valence-corrected chi connectivity index (χ1v) is 18.3. The Balaban J connectivity index is 0.000000248. The summed E-state index contributed by atoms with van der Waals surface area (Å²) in [5, 5.41) is 0. The van der Waals surface area contributed by atoms with Crippen molar-refractivity contribution in [2.45, 2.75) is 39.5 Å². The van der Waals surface area contributed by atoms with Gasteiger partial charge in [0.15, 0.2) is 0 Å². The van der Waals surface area contributed by atoms with Crippen molar-refractivity contribution in [3.8, 4) is 34.5 Å². The van der Waals surface area contributed by atoms with E-state index in [4.69, 9.17) is 28.4 Å². The molecular formula is C46H42FeO10-6. The van der Waals surface area contributed by atoms with Crippen LogP contribution in [-0.2, 0) is 17.1 Å². The molecule has 0 aliphatic carbocycles. The van der Waals surface area contributed by atoms with Gasteiger partial charge in [0.05, 0.1) is 30.1 Å². The number of rotatable bonds is 16. The molecule has 11 heteroatoms. The maximum absolute atomic E-state index is 12.3. The molecule has 0 heterocycles. The van der Waals surface area contributed by atoms with Crippen LogP contribution in [0.4, 0.5) is 0 Å². The molecule has 0 fully saturated rings. The largest absolute Gasteiger partial charge is 0.680 e. The summed E-state index contributed by atoms with van der Waals surface area (Å²) in [6.07, 6.45) is 4.13. The number of carbonyl (C=O) groups is 4. The standard InChI is InChI=1S/2C23H21O5.Fe/c2*1-2-3-16-26-19-12-14-21(15-13-19)28-23(25)18-8-10-20(11-9-18)27-22(24)17-6-4-5-7-17;/h2*4-15H,2-3,16H2,1H3;/q-5;-1;. The molecule has 57 heavy (non-hydrogen) atoms. The molecule has 0 aliphatic rings. The molecule has 6 aromatic carbocycles. The average Bonchev–Trinajstić information content (AvgIpc) is 3.97. The van der Waals surface area contributed by atoms with Crippen LogP contribution in [0.5, 0.6) is 34.5 Å². The molecule has 0 unspecified atom stereocenters. The molecule has 0 aliphatic heterocycles. The van der Waals surface area contributed by atoms with Gasteiger partial charge in [0.2, 0.25) is 0 Å². The van der Waals surface area contributed by atoms with Crippen LogP contribution in [0.25, 0.3) is 0 Å². The predicted molar refractivity (Wildman–Crippen MR) is 210 cm³/mol. The van der Waals surface area contributed by atoms with Crippen LogP contribution in [0.2, 0.25) is 0 Å². The minimum atomic E-state index is -0.492. The number of esters is 4. The third-order valence-corrected chi connectivity index (χ3v) is 8.00. The van der Waals surface area contributed by atoms with Gasteiger partial charge in [-0.3, -0.25) is 4.79 Å². The maximum atomic E-state index is 12.3. The Morgan fingerprint density at radius 3 is 1.25 bits per heavy atom. The van der Waals surface area contributed by atoms with Gasteiger partial charge in [-0.1, -0.05) is 38.2 Å². The van der Waals surface area contributed by atoms with Crippen molar-refractivity contribution in [1.29, 1.82) is 0 Å². The summed E-state index contributed by atoms with van der Waals surface area (Å²) in [6, 6.07) is 40.0. The van der Waals surface area contributed by atoms with E-state index in [1.54, 1.807) is 146 Å². The summed E-state index contributed by atoms with van der Waals surface area (Å²) < 4.78 is 32.4. The molecular weight excluding hydrogens is 768 g/mol. The first-order chi connectivity index (χ1) is 27.3. The van der Waals surface area contributed by atoms with Crippen LogP contribution in [-0.4, -0.2) is 37.1 Å². The zero-order chi connectivity index (χ0) is 39.5. The number of carbonyl (C=O) groups excluding carboxylic acids is 4. The quantitative estimate of drug-likeness (QED) is 0.0307. The Kier molecular flexibility index (Phi) is 17.4. The van der Waals surface area contributed by atoms with Gasteiger partial charge in [-0.05, 0) is 110 Å². The summed E-state index contributed by atoms with van der Waals surface area (Å²) in [5.41, 5.74) is 1.67. The Bertz CT molecular complexity index is 1950. The SMILES string of the molecule is CCCCOc1ccc(OC(=O)c2ccc(OC(=O)[c-]3[cH-][cH-][cH-][cH-]3)cc2)cc1.CCCCOc1ccc(OC(=O)c2ccc(OC(=O)[c-]3cccc3)cc2)cc1.[Fe]. The van der Waals surface area contributed by atoms with Gasteiger partial charge >= 0.3 is 11.9 Å². The van der Waals surface area contributed by atoms with Crippen LogP contribution < -0.4 is 28.4 Å². The fourth-order valence-corrected chi connectivity index (χ4v) is 4.88. The molecule has 0 bridgehead atoms. The second-order valence-electron chi connectivity index (χ2n) is 12.3. The fourth-order valence-electron chi connectivity index (χ4n) is 4.88. The van der Waals surface area contributed by atoms with Crippen molar-refractivity contribution >= 4 is 23.9 Å². The van der Waals surface area contributed by atoms with Crippen LogP contribution >= 0.6 is 0 Å². The molecule has 0 atom stereocenters. The zero-order valence-electron chi connectivity index (χ0n) is 31.5. The van der Waals surface area contributed by atoms with Gasteiger partial charge in [-0.2, -0.15) is 12.1 Å². The van der Waals surface area contributed by atoms with Crippen LogP contribution in [0.3, 0.4) is 0 Å². The predicted octanol–water partition coefficient (Wildman–Crippen LogP) is 10.0. The topological polar surface area (TPSA) is 124 Å². The molecule has 0 N–H and O–H groups in total. The Morgan fingerprint density at radius 1 is 0.491 bits per heavy atom. The molecule has 6 rings (SSSR count). The molecule has 300 valence electrons. The van der Waals surface area contributed by atoms with Crippen molar-refractivity contribution in [2.24, 2.45) is 0 Å².